The molecule has 0 unspecified atom stereocenters. The van der Waals surface area contributed by atoms with Crippen molar-refractivity contribution in [2.24, 2.45) is 0 Å². The summed E-state index contributed by atoms with van der Waals surface area (Å²) < 4.78 is 19.4. The highest BCUT2D eigenvalue weighted by atomic mass is 127. The summed E-state index contributed by atoms with van der Waals surface area (Å²) in [5.74, 6) is -0.534. The molecule has 0 heterocycles. The van der Waals surface area contributed by atoms with E-state index in [1.807, 2.05) is 25.1 Å². The largest absolute Gasteiger partial charge is 0.496 e. The van der Waals surface area contributed by atoms with Gasteiger partial charge in [-0.1, -0.05) is 0 Å². The molecule has 0 radical (unpaired) electrons. The number of hydrogen-bond donors (Lipinski definition) is 1. The van der Waals surface area contributed by atoms with Crippen LogP contribution in [0.5, 0.6) is 5.75 Å². The van der Waals surface area contributed by atoms with Gasteiger partial charge >= 0.3 is 0 Å². The molecule has 104 valence electrons. The molecule has 1 amide bonds. The molecule has 2 aromatic carbocycles. The van der Waals surface area contributed by atoms with Gasteiger partial charge in [0.05, 0.1) is 12.7 Å². The Morgan fingerprint density at radius 2 is 2.00 bits per heavy atom. The molecule has 5 heteroatoms. The highest BCUT2D eigenvalue weighted by Crippen LogP contribution is 2.23. The summed E-state index contributed by atoms with van der Waals surface area (Å²) >= 11 is 2.20. The zero-order chi connectivity index (χ0) is 14.7. The minimum absolute atomic E-state index is 0.172. The molecular weight excluding hydrogens is 372 g/mol. The standard InChI is InChI=1S/C15H13FINO2/c1-9-7-11(17)4-5-13(9)18-15(19)12-8-10(16)3-6-14(12)20-2/h3-8H,1-2H3,(H,18,19). The zero-order valence-electron chi connectivity index (χ0n) is 11.0. The normalized spacial score (nSPS) is 10.2. The molecule has 0 fully saturated rings. The molecule has 0 atom stereocenters. The molecule has 0 aliphatic rings. The van der Waals surface area contributed by atoms with Gasteiger partial charge < -0.3 is 10.1 Å². The van der Waals surface area contributed by atoms with Crippen LogP contribution in [-0.4, -0.2) is 13.0 Å². The van der Waals surface area contributed by atoms with Crippen LogP contribution in [0, 0.1) is 16.3 Å². The number of hydrogen-bond acceptors (Lipinski definition) is 2. The van der Waals surface area contributed by atoms with Crippen LogP contribution in [0.15, 0.2) is 36.4 Å². The Morgan fingerprint density at radius 3 is 2.65 bits per heavy atom. The number of halogens is 2. The van der Waals surface area contributed by atoms with E-state index in [0.29, 0.717) is 11.4 Å². The lowest BCUT2D eigenvalue weighted by atomic mass is 10.1. The van der Waals surface area contributed by atoms with Gasteiger partial charge in [0.25, 0.3) is 5.91 Å². The molecule has 1 N–H and O–H groups in total. The second-order valence-corrected chi connectivity index (χ2v) is 5.50. The van der Waals surface area contributed by atoms with Crippen LogP contribution < -0.4 is 10.1 Å². The molecule has 0 aromatic heterocycles. The van der Waals surface area contributed by atoms with E-state index in [-0.39, 0.29) is 5.56 Å². The molecule has 0 bridgehead atoms. The van der Waals surface area contributed by atoms with Gasteiger partial charge in [0.1, 0.15) is 11.6 Å². The first-order valence-corrected chi connectivity index (χ1v) is 7.00. The maximum absolute atomic E-state index is 13.3. The first kappa shape index (κ1) is 14.8. The third-order valence-corrected chi connectivity index (χ3v) is 3.51. The van der Waals surface area contributed by atoms with Gasteiger partial charge in [-0.2, -0.15) is 0 Å². The Morgan fingerprint density at radius 1 is 1.25 bits per heavy atom. The minimum atomic E-state index is -0.477. The SMILES string of the molecule is COc1ccc(F)cc1C(=O)Nc1ccc(I)cc1C. The van der Waals surface area contributed by atoms with Gasteiger partial charge in [-0.15, -0.1) is 0 Å². The molecule has 0 aliphatic heterocycles. The minimum Gasteiger partial charge on any atom is -0.496 e. The number of carbonyl (C=O) groups excluding carboxylic acids is 1. The van der Waals surface area contributed by atoms with Crippen molar-refractivity contribution in [3.8, 4) is 5.75 Å². The summed E-state index contributed by atoms with van der Waals surface area (Å²) in [6.07, 6.45) is 0. The van der Waals surface area contributed by atoms with Crippen molar-refractivity contribution in [3.63, 3.8) is 0 Å². The van der Waals surface area contributed by atoms with Crippen LogP contribution in [-0.2, 0) is 0 Å². The maximum Gasteiger partial charge on any atom is 0.259 e. The molecule has 0 saturated heterocycles. The second kappa shape index (κ2) is 6.21. The number of aryl methyl sites for hydroxylation is 1. The van der Waals surface area contributed by atoms with E-state index in [9.17, 15) is 9.18 Å². The maximum atomic E-state index is 13.3. The van der Waals surface area contributed by atoms with Gasteiger partial charge in [0, 0.05) is 9.26 Å². The number of benzene rings is 2. The van der Waals surface area contributed by atoms with Gasteiger partial charge in [-0.3, -0.25) is 4.79 Å². The average Bonchev–Trinajstić information content (AvgIpc) is 2.41. The summed E-state index contributed by atoms with van der Waals surface area (Å²) in [5.41, 5.74) is 1.81. The van der Waals surface area contributed by atoms with Crippen LogP contribution in [0.1, 0.15) is 15.9 Å². The molecule has 0 spiro atoms. The summed E-state index contributed by atoms with van der Waals surface area (Å²) in [4.78, 5) is 12.2. The van der Waals surface area contributed by atoms with Crippen molar-refractivity contribution in [3.05, 3.63) is 56.9 Å². The fourth-order valence-corrected chi connectivity index (χ4v) is 2.46. The number of nitrogens with one attached hydrogen (secondary N) is 1. The van der Waals surface area contributed by atoms with Crippen molar-refractivity contribution >= 4 is 34.2 Å². The summed E-state index contributed by atoms with van der Waals surface area (Å²) in [6.45, 7) is 1.90. The van der Waals surface area contributed by atoms with E-state index < -0.39 is 11.7 Å². The fraction of sp³-hybridized carbons (Fsp3) is 0.133. The number of carbonyl (C=O) groups is 1. The Labute approximate surface area is 130 Å². The van der Waals surface area contributed by atoms with E-state index in [1.165, 1.54) is 19.2 Å². The van der Waals surface area contributed by atoms with Crippen LogP contribution in [0.25, 0.3) is 0 Å². The number of amides is 1. The van der Waals surface area contributed by atoms with Crippen molar-refractivity contribution in [2.75, 3.05) is 12.4 Å². The number of methoxy groups -OCH3 is 1. The fourth-order valence-electron chi connectivity index (χ4n) is 1.81. The lowest BCUT2D eigenvalue weighted by molar-refractivity contribution is 0.102. The Bertz CT molecular complexity index is 658. The predicted molar refractivity (Wildman–Crippen MR) is 84.8 cm³/mol. The zero-order valence-corrected chi connectivity index (χ0v) is 13.2. The van der Waals surface area contributed by atoms with E-state index in [2.05, 4.69) is 27.9 Å². The van der Waals surface area contributed by atoms with Crippen molar-refractivity contribution in [2.45, 2.75) is 6.92 Å². The average molecular weight is 385 g/mol. The molecule has 0 aliphatic carbocycles. The number of ether oxygens (including phenoxy) is 1. The van der Waals surface area contributed by atoms with Crippen LogP contribution in [0.3, 0.4) is 0 Å². The molecule has 2 aromatic rings. The lowest BCUT2D eigenvalue weighted by Gasteiger charge is -2.11. The smallest absolute Gasteiger partial charge is 0.259 e. The lowest BCUT2D eigenvalue weighted by Crippen LogP contribution is -2.14. The van der Waals surface area contributed by atoms with E-state index in [1.54, 1.807) is 0 Å². The number of anilines is 1. The Hall–Kier alpha value is -1.63. The molecule has 0 saturated carbocycles. The van der Waals surface area contributed by atoms with Gasteiger partial charge in [0.15, 0.2) is 0 Å². The molecule has 3 nitrogen and oxygen atoms in total. The van der Waals surface area contributed by atoms with Gasteiger partial charge in [-0.25, -0.2) is 4.39 Å². The van der Waals surface area contributed by atoms with Gasteiger partial charge in [-0.05, 0) is 71.5 Å². The Kier molecular flexibility index (Phi) is 4.59. The summed E-state index contributed by atoms with van der Waals surface area (Å²) in [6, 6.07) is 9.53. The quantitative estimate of drug-likeness (QED) is 0.812. The Balaban J connectivity index is 2.30. The van der Waals surface area contributed by atoms with E-state index >= 15 is 0 Å². The van der Waals surface area contributed by atoms with E-state index in [0.717, 1.165) is 15.2 Å². The van der Waals surface area contributed by atoms with Crippen LogP contribution in [0.2, 0.25) is 0 Å². The predicted octanol–water partition coefficient (Wildman–Crippen LogP) is 4.00. The monoisotopic (exact) mass is 385 g/mol. The van der Waals surface area contributed by atoms with Gasteiger partial charge in [0.2, 0.25) is 0 Å². The first-order valence-electron chi connectivity index (χ1n) is 5.92. The summed E-state index contributed by atoms with van der Waals surface area (Å²) in [7, 11) is 1.44. The van der Waals surface area contributed by atoms with Crippen molar-refractivity contribution in [1.82, 2.24) is 0 Å². The highest BCUT2D eigenvalue weighted by molar-refractivity contribution is 14.1. The summed E-state index contributed by atoms with van der Waals surface area (Å²) in [5, 5.41) is 2.77. The highest BCUT2D eigenvalue weighted by Gasteiger charge is 2.14. The molecule has 20 heavy (non-hydrogen) atoms. The third-order valence-electron chi connectivity index (χ3n) is 2.84. The van der Waals surface area contributed by atoms with Crippen molar-refractivity contribution < 1.29 is 13.9 Å². The number of rotatable bonds is 3. The molecular formula is C15H13FINO2. The molecule has 2 rings (SSSR count). The van der Waals surface area contributed by atoms with Crippen LogP contribution >= 0.6 is 22.6 Å². The third kappa shape index (κ3) is 3.27. The second-order valence-electron chi connectivity index (χ2n) is 4.26. The van der Waals surface area contributed by atoms with Crippen LogP contribution in [0.4, 0.5) is 10.1 Å². The van der Waals surface area contributed by atoms with Crippen molar-refractivity contribution in [1.29, 1.82) is 0 Å². The first-order chi connectivity index (χ1) is 9.51. The van der Waals surface area contributed by atoms with E-state index in [4.69, 9.17) is 4.74 Å². The topological polar surface area (TPSA) is 38.3 Å².